The molecule has 0 spiro atoms. The first-order chi connectivity index (χ1) is 12.7. The van der Waals surface area contributed by atoms with E-state index in [1.807, 2.05) is 0 Å². The van der Waals surface area contributed by atoms with Crippen molar-refractivity contribution in [1.82, 2.24) is 0 Å². The Morgan fingerprint density at radius 1 is 0.852 bits per heavy atom. The van der Waals surface area contributed by atoms with Crippen LogP contribution in [0, 0.1) is 35.5 Å². The maximum absolute atomic E-state index is 10.5. The summed E-state index contributed by atoms with van der Waals surface area (Å²) in [6.07, 6.45) is 23.8. The van der Waals surface area contributed by atoms with Gasteiger partial charge in [0.1, 0.15) is 0 Å². The van der Waals surface area contributed by atoms with Crippen molar-refractivity contribution in [2.75, 3.05) is 0 Å². The summed E-state index contributed by atoms with van der Waals surface area (Å²) in [5.41, 5.74) is 1.62. The number of hydrogen-bond donors (Lipinski definition) is 1. The summed E-state index contributed by atoms with van der Waals surface area (Å²) in [4.78, 5) is 0. The normalized spacial score (nSPS) is 41.0. The molecule has 151 valence electrons. The van der Waals surface area contributed by atoms with Gasteiger partial charge in [-0.05, 0) is 87.4 Å². The second-order valence-corrected chi connectivity index (χ2v) is 10.6. The summed E-state index contributed by atoms with van der Waals surface area (Å²) in [5, 5.41) is 10.5. The van der Waals surface area contributed by atoms with Crippen LogP contribution >= 0.6 is 0 Å². The topological polar surface area (TPSA) is 20.2 Å². The van der Waals surface area contributed by atoms with Gasteiger partial charge in [0.2, 0.25) is 0 Å². The van der Waals surface area contributed by atoms with Gasteiger partial charge in [-0.3, -0.25) is 0 Å². The van der Waals surface area contributed by atoms with Crippen molar-refractivity contribution in [3.8, 4) is 0 Å². The Labute approximate surface area is 193 Å². The molecule has 4 rings (SSSR count). The molecule has 3 fully saturated rings. The van der Waals surface area contributed by atoms with E-state index in [0.717, 1.165) is 36.0 Å². The molecule has 0 bridgehead atoms. The molecule has 0 aromatic rings. The van der Waals surface area contributed by atoms with Crippen LogP contribution in [0.1, 0.15) is 103 Å². The molecule has 0 aromatic carbocycles. The van der Waals surface area contributed by atoms with Crippen LogP contribution in [-0.4, -0.2) is 11.2 Å². The van der Waals surface area contributed by atoms with Crippen molar-refractivity contribution >= 4 is 0 Å². The summed E-state index contributed by atoms with van der Waals surface area (Å²) in [7, 11) is 0. The summed E-state index contributed by atoms with van der Waals surface area (Å²) in [6, 6.07) is 0. The van der Waals surface area contributed by atoms with E-state index in [2.05, 4.69) is 13.0 Å². The molecule has 0 aromatic heterocycles. The Kier molecular flexibility index (Phi) is 8.93. The van der Waals surface area contributed by atoms with E-state index in [1.54, 1.807) is 12.0 Å². The van der Waals surface area contributed by atoms with Crippen LogP contribution in [0.3, 0.4) is 0 Å². The fraction of sp³-hybridized carbons (Fsp3) is 0.920. The number of hydrogen-bond acceptors (Lipinski definition) is 1. The SMILES string of the molecule is CC1CCC(C2=CCC(C3CCC(CC4CCCC4)CC3)CC2)C(O)C1.[Y]. The van der Waals surface area contributed by atoms with Gasteiger partial charge >= 0.3 is 0 Å². The van der Waals surface area contributed by atoms with Crippen molar-refractivity contribution in [1.29, 1.82) is 0 Å². The molecule has 0 heterocycles. The van der Waals surface area contributed by atoms with Gasteiger partial charge in [0.25, 0.3) is 0 Å². The van der Waals surface area contributed by atoms with Crippen LogP contribution in [-0.2, 0) is 32.7 Å². The second-order valence-electron chi connectivity index (χ2n) is 10.6. The van der Waals surface area contributed by atoms with Crippen molar-refractivity contribution in [2.24, 2.45) is 35.5 Å². The van der Waals surface area contributed by atoms with Crippen LogP contribution in [0.4, 0.5) is 0 Å². The molecule has 1 N–H and O–H groups in total. The molecule has 3 saturated carbocycles. The first-order valence-corrected chi connectivity index (χ1v) is 12.1. The zero-order chi connectivity index (χ0) is 17.9. The summed E-state index contributed by atoms with van der Waals surface area (Å²) < 4.78 is 0. The molecule has 4 aliphatic rings. The summed E-state index contributed by atoms with van der Waals surface area (Å²) >= 11 is 0. The minimum atomic E-state index is -0.0624. The zero-order valence-electron chi connectivity index (χ0n) is 17.7. The van der Waals surface area contributed by atoms with Crippen LogP contribution in [0.5, 0.6) is 0 Å². The third-order valence-corrected chi connectivity index (χ3v) is 8.74. The molecule has 27 heavy (non-hydrogen) atoms. The molecule has 0 saturated heterocycles. The largest absolute Gasteiger partial charge is 0.392 e. The van der Waals surface area contributed by atoms with Crippen LogP contribution in [0.25, 0.3) is 0 Å². The molecule has 1 nitrogen and oxygen atoms in total. The number of allylic oxidation sites excluding steroid dienone is 1. The molecule has 1 radical (unpaired) electrons. The number of aliphatic hydroxyl groups excluding tert-OH is 1. The van der Waals surface area contributed by atoms with E-state index >= 15 is 0 Å². The minimum absolute atomic E-state index is 0. The van der Waals surface area contributed by atoms with Gasteiger partial charge in [0.15, 0.2) is 0 Å². The molecule has 0 amide bonds. The van der Waals surface area contributed by atoms with E-state index in [0.29, 0.717) is 5.92 Å². The van der Waals surface area contributed by atoms with E-state index in [9.17, 15) is 5.11 Å². The maximum Gasteiger partial charge on any atom is 0.0608 e. The van der Waals surface area contributed by atoms with E-state index < -0.39 is 0 Å². The van der Waals surface area contributed by atoms with Crippen molar-refractivity contribution < 1.29 is 37.8 Å². The fourth-order valence-electron chi connectivity index (χ4n) is 7.04. The Bertz CT molecular complexity index is 473. The van der Waals surface area contributed by atoms with Crippen LogP contribution in [0.2, 0.25) is 0 Å². The molecule has 4 unspecified atom stereocenters. The second kappa shape index (κ2) is 10.7. The Balaban J connectivity index is 0.00000210. The van der Waals surface area contributed by atoms with Gasteiger partial charge in [0.05, 0.1) is 6.10 Å². The molecule has 4 aliphatic carbocycles. The van der Waals surface area contributed by atoms with Gasteiger partial charge in [0, 0.05) is 38.6 Å². The third-order valence-electron chi connectivity index (χ3n) is 8.74. The van der Waals surface area contributed by atoms with Gasteiger partial charge in [-0.15, -0.1) is 0 Å². The fourth-order valence-corrected chi connectivity index (χ4v) is 7.04. The molecular formula is C25H42OY. The van der Waals surface area contributed by atoms with Crippen molar-refractivity contribution in [3.63, 3.8) is 0 Å². The zero-order valence-corrected chi connectivity index (χ0v) is 20.6. The van der Waals surface area contributed by atoms with E-state index in [4.69, 9.17) is 0 Å². The average Bonchev–Trinajstić information content (AvgIpc) is 3.16. The molecule has 0 aliphatic heterocycles. The first kappa shape index (κ1) is 22.5. The van der Waals surface area contributed by atoms with E-state index in [1.165, 1.54) is 83.5 Å². The predicted octanol–water partition coefficient (Wildman–Crippen LogP) is 6.89. The number of rotatable bonds is 4. The maximum atomic E-state index is 10.5. The van der Waals surface area contributed by atoms with Gasteiger partial charge < -0.3 is 5.11 Å². The summed E-state index contributed by atoms with van der Waals surface area (Å²) in [5.74, 6) is 5.31. The quantitative estimate of drug-likeness (QED) is 0.465. The van der Waals surface area contributed by atoms with Crippen molar-refractivity contribution in [2.45, 2.75) is 109 Å². The molecule has 4 atom stereocenters. The Hall–Kier alpha value is 0.804. The molecular weight excluding hydrogens is 405 g/mol. The monoisotopic (exact) mass is 447 g/mol. The van der Waals surface area contributed by atoms with Crippen molar-refractivity contribution in [3.05, 3.63) is 11.6 Å². The first-order valence-electron chi connectivity index (χ1n) is 12.1. The average molecular weight is 448 g/mol. The smallest absolute Gasteiger partial charge is 0.0608 e. The Morgan fingerprint density at radius 2 is 1.56 bits per heavy atom. The van der Waals surface area contributed by atoms with E-state index in [-0.39, 0.29) is 38.8 Å². The third kappa shape index (κ3) is 5.91. The van der Waals surface area contributed by atoms with Gasteiger partial charge in [-0.1, -0.05) is 57.1 Å². The van der Waals surface area contributed by atoms with Gasteiger partial charge in [-0.25, -0.2) is 0 Å². The molecule has 2 heteroatoms. The standard InChI is InChI=1S/C25H42O.Y/c1-18-6-15-24(25(26)16-18)23-13-11-22(12-14-23)21-9-7-20(8-10-21)17-19-4-2-3-5-19;/h13,18-22,24-26H,2-12,14-17H2,1H3;. The van der Waals surface area contributed by atoms with Crippen LogP contribution < -0.4 is 0 Å². The van der Waals surface area contributed by atoms with Crippen LogP contribution in [0.15, 0.2) is 11.6 Å². The van der Waals surface area contributed by atoms with Gasteiger partial charge in [-0.2, -0.15) is 0 Å². The summed E-state index contributed by atoms with van der Waals surface area (Å²) in [6.45, 7) is 2.30. The minimum Gasteiger partial charge on any atom is -0.392 e. The Morgan fingerprint density at radius 3 is 2.19 bits per heavy atom. The number of aliphatic hydroxyl groups is 1. The predicted molar refractivity (Wildman–Crippen MR) is 110 cm³/mol.